The maximum absolute atomic E-state index is 13.8. The molecule has 16 heteroatoms. The third-order valence-corrected chi connectivity index (χ3v) is 14.8. The molecule has 1 aliphatic carbocycles. The Morgan fingerprint density at radius 3 is 0.631 bits per heavy atom. The van der Waals surface area contributed by atoms with E-state index in [2.05, 4.69) is 97.9 Å². The third kappa shape index (κ3) is 23.3. The molecule has 8 N–H and O–H groups in total. The third-order valence-electron chi connectivity index (χ3n) is 14.8. The van der Waals surface area contributed by atoms with Crippen LogP contribution in [0.5, 0.6) is 23.0 Å². The van der Waals surface area contributed by atoms with Crippen LogP contribution in [-0.4, -0.2) is 76.7 Å². The van der Waals surface area contributed by atoms with Crippen molar-refractivity contribution < 1.29 is 38.1 Å². The summed E-state index contributed by atoms with van der Waals surface area (Å²) >= 11 is 0. The predicted molar refractivity (Wildman–Crippen MR) is 345 cm³/mol. The van der Waals surface area contributed by atoms with E-state index in [1.807, 2.05) is 48.5 Å². The van der Waals surface area contributed by atoms with Gasteiger partial charge in [-0.2, -0.15) is 0 Å². The summed E-state index contributed by atoms with van der Waals surface area (Å²) in [5, 5.41) is 25.0. The first-order valence-electron chi connectivity index (χ1n) is 32.3. The molecule has 1 aliphatic rings. The Balaban J connectivity index is 1.96. The number of benzene rings is 4. The van der Waals surface area contributed by atoms with E-state index in [0.717, 1.165) is 173 Å². The Labute approximate surface area is 503 Å². The number of unbranched alkanes of at least 4 members (excludes halogenated alkanes) is 12. The summed E-state index contributed by atoms with van der Waals surface area (Å²) in [6, 6.07) is 14.7. The Morgan fingerprint density at radius 1 is 0.286 bits per heavy atom. The van der Waals surface area contributed by atoms with Crippen LogP contribution in [0.4, 0.5) is 41.9 Å². The summed E-state index contributed by atoms with van der Waals surface area (Å²) in [5.74, 6) is 2.72. The van der Waals surface area contributed by atoms with Gasteiger partial charge in [-0.05, 0) is 99.9 Å². The first-order valence-corrected chi connectivity index (χ1v) is 32.3. The number of amides is 8. The largest absolute Gasteiger partial charge is 0.493 e. The van der Waals surface area contributed by atoms with E-state index in [0.29, 0.717) is 124 Å². The van der Waals surface area contributed by atoms with Crippen LogP contribution < -0.4 is 61.5 Å². The molecule has 0 saturated carbocycles. The zero-order valence-corrected chi connectivity index (χ0v) is 52.5. The molecule has 4 aromatic carbocycles. The normalized spacial score (nSPS) is 11.7. The zero-order valence-electron chi connectivity index (χ0n) is 52.5. The topological polar surface area (TPSA) is 201 Å². The lowest BCUT2D eigenvalue weighted by Gasteiger charge is -2.25. The lowest BCUT2D eigenvalue weighted by molar-refractivity contribution is 0.251. The molecular formula is C68H104N8O8. The molecule has 84 heavy (non-hydrogen) atoms. The minimum atomic E-state index is -0.315. The van der Waals surface area contributed by atoms with Crippen LogP contribution in [0.25, 0.3) is 0 Å². The molecule has 4 aromatic rings. The van der Waals surface area contributed by atoms with Gasteiger partial charge in [0.1, 0.15) is 23.0 Å². The van der Waals surface area contributed by atoms with Crippen LogP contribution >= 0.6 is 0 Å². The molecule has 0 saturated heterocycles. The predicted octanol–water partition coefficient (Wildman–Crippen LogP) is 16.3. The molecule has 0 atom stereocenters. The first kappa shape index (κ1) is 67.9. The van der Waals surface area contributed by atoms with E-state index in [9.17, 15) is 19.2 Å². The fraction of sp³-hybridized carbons (Fsp3) is 0.588. The van der Waals surface area contributed by atoms with Crippen molar-refractivity contribution in [1.82, 2.24) is 21.3 Å². The molecule has 8 bridgehead atoms. The average molecular weight is 1160 g/mol. The van der Waals surface area contributed by atoms with Crippen molar-refractivity contribution in [3.8, 4) is 23.0 Å². The second-order valence-corrected chi connectivity index (χ2v) is 22.4. The second kappa shape index (κ2) is 38.9. The molecule has 0 fully saturated rings. The summed E-state index contributed by atoms with van der Waals surface area (Å²) < 4.78 is 28.2. The van der Waals surface area contributed by atoms with Crippen molar-refractivity contribution in [1.29, 1.82) is 0 Å². The van der Waals surface area contributed by atoms with Gasteiger partial charge in [-0.25, -0.2) is 19.2 Å². The lowest BCUT2D eigenvalue weighted by atomic mass is 9.90. The van der Waals surface area contributed by atoms with Crippen LogP contribution in [0.1, 0.15) is 228 Å². The van der Waals surface area contributed by atoms with Gasteiger partial charge in [-0.1, -0.05) is 132 Å². The van der Waals surface area contributed by atoms with Gasteiger partial charge < -0.3 is 61.5 Å². The van der Waals surface area contributed by atoms with Crippen LogP contribution in [0.3, 0.4) is 0 Å². The van der Waals surface area contributed by atoms with E-state index in [-0.39, 0.29) is 24.1 Å². The number of nitrogens with one attached hydrogen (secondary N) is 8. The molecule has 0 aliphatic heterocycles. The summed E-state index contributed by atoms with van der Waals surface area (Å²) in [6.45, 7) is 21.0. The van der Waals surface area contributed by atoms with Crippen molar-refractivity contribution in [2.45, 2.75) is 209 Å². The average Bonchev–Trinajstić information content (AvgIpc) is 3.23. The van der Waals surface area contributed by atoms with Crippen LogP contribution in [0, 0.1) is 0 Å². The van der Waals surface area contributed by atoms with Crippen molar-refractivity contribution in [3.63, 3.8) is 0 Å². The van der Waals surface area contributed by atoms with Crippen LogP contribution in [0.2, 0.25) is 0 Å². The van der Waals surface area contributed by atoms with Crippen molar-refractivity contribution in [3.05, 3.63) is 93.0 Å². The number of hydrogen-bond acceptors (Lipinski definition) is 8. The Hall–Kier alpha value is -6.84. The number of urea groups is 4. The molecule has 0 radical (unpaired) electrons. The van der Waals surface area contributed by atoms with Gasteiger partial charge in [0.05, 0.1) is 26.4 Å². The SMILES string of the molecule is CCCCCOc1c2cc(NC(=O)NCCCC)cc1Cc1cc(NC(=O)NCCCC)cc(c1OCCCCC)Cc1cc(NC(=O)NCCCC)cc(c1OCCCCC)Cc1cc(NC(=O)NCCCC)cc(c1OCCCCC)C2. The van der Waals surface area contributed by atoms with Crippen LogP contribution in [0.15, 0.2) is 48.5 Å². The van der Waals surface area contributed by atoms with E-state index in [1.165, 1.54) is 0 Å². The van der Waals surface area contributed by atoms with Crippen molar-refractivity contribution >= 4 is 46.9 Å². The van der Waals surface area contributed by atoms with E-state index in [4.69, 9.17) is 18.9 Å². The van der Waals surface area contributed by atoms with Gasteiger partial charge in [0.25, 0.3) is 0 Å². The van der Waals surface area contributed by atoms with Gasteiger partial charge in [0.15, 0.2) is 0 Å². The Morgan fingerprint density at radius 2 is 0.464 bits per heavy atom. The quantitative estimate of drug-likeness (QED) is 0.0181. The van der Waals surface area contributed by atoms with Gasteiger partial charge in [-0.15, -0.1) is 0 Å². The number of rotatable bonds is 36. The van der Waals surface area contributed by atoms with Gasteiger partial charge >= 0.3 is 24.1 Å². The van der Waals surface area contributed by atoms with E-state index < -0.39 is 0 Å². The molecule has 0 aromatic heterocycles. The highest BCUT2D eigenvalue weighted by Gasteiger charge is 2.26. The number of anilines is 4. The highest BCUT2D eigenvalue weighted by atomic mass is 16.5. The number of carbonyl (C=O) groups excluding carboxylic acids is 4. The highest BCUT2D eigenvalue weighted by molar-refractivity contribution is 5.92. The molecular weight excluding hydrogens is 1060 g/mol. The minimum absolute atomic E-state index is 0.294. The fourth-order valence-electron chi connectivity index (χ4n) is 10.2. The smallest absolute Gasteiger partial charge is 0.319 e. The van der Waals surface area contributed by atoms with Crippen molar-refractivity contribution in [2.24, 2.45) is 0 Å². The van der Waals surface area contributed by atoms with Crippen molar-refractivity contribution in [2.75, 3.05) is 73.9 Å². The Kier molecular flexibility index (Phi) is 31.5. The lowest BCUT2D eigenvalue weighted by Crippen LogP contribution is -2.29. The molecule has 8 amide bonds. The molecule has 16 nitrogen and oxygen atoms in total. The van der Waals surface area contributed by atoms with Crippen LogP contribution in [-0.2, 0) is 25.7 Å². The monoisotopic (exact) mass is 1160 g/mol. The molecule has 0 heterocycles. The fourth-order valence-corrected chi connectivity index (χ4v) is 10.2. The van der Waals surface area contributed by atoms with Gasteiger partial charge in [0, 0.05) is 119 Å². The summed E-state index contributed by atoms with van der Waals surface area (Å²) in [5.41, 5.74) is 8.83. The summed E-state index contributed by atoms with van der Waals surface area (Å²) in [6.07, 6.45) is 19.6. The Bertz CT molecular complexity index is 2210. The maximum Gasteiger partial charge on any atom is 0.319 e. The highest BCUT2D eigenvalue weighted by Crippen LogP contribution is 2.43. The van der Waals surface area contributed by atoms with E-state index >= 15 is 0 Å². The molecule has 0 spiro atoms. The van der Waals surface area contributed by atoms with Gasteiger partial charge in [-0.3, -0.25) is 0 Å². The number of fused-ring (bicyclic) bond motifs is 8. The summed E-state index contributed by atoms with van der Waals surface area (Å²) in [4.78, 5) is 55.3. The number of carbonyl (C=O) groups is 4. The van der Waals surface area contributed by atoms with E-state index in [1.54, 1.807) is 0 Å². The maximum atomic E-state index is 13.8. The molecule has 0 unspecified atom stereocenters. The molecule has 5 rings (SSSR count). The zero-order chi connectivity index (χ0) is 60.3. The number of hydrogen-bond donors (Lipinski definition) is 8. The molecule has 464 valence electrons. The second-order valence-electron chi connectivity index (χ2n) is 22.4. The number of ether oxygens (including phenoxy) is 4. The summed E-state index contributed by atoms with van der Waals surface area (Å²) in [7, 11) is 0. The minimum Gasteiger partial charge on any atom is -0.493 e. The first-order chi connectivity index (χ1) is 41.0. The van der Waals surface area contributed by atoms with Gasteiger partial charge in [0.2, 0.25) is 0 Å². The standard InChI is InChI=1S/C68H104N8O8/c1-9-17-25-33-81-61-49-37-51-43-58(74-66(78)70-30-22-14-6)45-53(62(51)82-34-26-18-10-2)39-55-47-60(76-68(80)72-32-24-16-8)48-56(64(55)84-36-28-20-12-4)40-54-46-59(75-67(79)71-31-23-15-7)44-52(63(54)83-35-27-19-11-3)38-50(61)42-57(41-49)73-65(77)69-29-21-13-5/h41-48H,9-40H2,1-8H3,(H2,69,73,77)(H2,70,74,78)(H2,71,75,79)(H2,72,76,80).